The Morgan fingerprint density at radius 1 is 1.45 bits per heavy atom. The van der Waals surface area contributed by atoms with Crippen molar-refractivity contribution in [3.8, 4) is 0 Å². The fraction of sp³-hybridized carbons (Fsp3) is 0. The lowest BCUT2D eigenvalue weighted by Gasteiger charge is -1.96. The topological polar surface area (TPSA) is 54.9 Å². The first-order chi connectivity index (χ1) is 5.22. The molecule has 1 aromatic rings. The summed E-state index contributed by atoms with van der Waals surface area (Å²) in [4.78, 5) is 17.2. The number of anilines is 1. The molecule has 0 saturated carbocycles. The fourth-order valence-electron chi connectivity index (χ4n) is 0.524. The van der Waals surface area contributed by atoms with Gasteiger partial charge in [0.2, 0.25) is 11.7 Å². The molecule has 0 radical (unpaired) electrons. The molecule has 1 amide bonds. The van der Waals surface area contributed by atoms with Crippen molar-refractivity contribution in [1.82, 2.24) is 9.97 Å². The standard InChI is InChI=1S/C5H3Cl2N3O/c6-3-1-4(8-2-11)10-5(7)9-3/h1-2H,(H,8,9,10,11). The van der Waals surface area contributed by atoms with E-state index in [1.807, 2.05) is 0 Å². The van der Waals surface area contributed by atoms with Crippen LogP contribution in [0, 0.1) is 0 Å². The molecule has 0 spiro atoms. The summed E-state index contributed by atoms with van der Waals surface area (Å²) in [6, 6.07) is 1.39. The van der Waals surface area contributed by atoms with Gasteiger partial charge in [0.1, 0.15) is 11.0 Å². The van der Waals surface area contributed by atoms with E-state index in [-0.39, 0.29) is 16.3 Å². The molecule has 1 aromatic heterocycles. The highest BCUT2D eigenvalue weighted by Crippen LogP contribution is 2.13. The van der Waals surface area contributed by atoms with E-state index in [2.05, 4.69) is 15.3 Å². The molecule has 1 rings (SSSR count). The summed E-state index contributed by atoms with van der Waals surface area (Å²) < 4.78 is 0. The lowest BCUT2D eigenvalue weighted by molar-refractivity contribution is -0.105. The first kappa shape index (κ1) is 8.23. The number of hydrogen-bond donors (Lipinski definition) is 1. The van der Waals surface area contributed by atoms with Gasteiger partial charge in [-0.2, -0.15) is 0 Å². The van der Waals surface area contributed by atoms with Crippen molar-refractivity contribution in [2.45, 2.75) is 0 Å². The summed E-state index contributed by atoms with van der Waals surface area (Å²) in [5.74, 6) is 0.282. The summed E-state index contributed by atoms with van der Waals surface area (Å²) in [5.41, 5.74) is 0. The van der Waals surface area contributed by atoms with Gasteiger partial charge in [-0.05, 0) is 11.6 Å². The van der Waals surface area contributed by atoms with Gasteiger partial charge in [-0.1, -0.05) is 11.6 Å². The summed E-state index contributed by atoms with van der Waals surface area (Å²) in [6.07, 6.45) is 0.481. The minimum absolute atomic E-state index is 0.00171. The predicted molar refractivity (Wildman–Crippen MR) is 41.7 cm³/mol. The number of halogens is 2. The molecule has 0 atom stereocenters. The highest BCUT2D eigenvalue weighted by Gasteiger charge is 1.98. The Morgan fingerprint density at radius 2 is 2.18 bits per heavy atom. The van der Waals surface area contributed by atoms with Crippen LogP contribution in [-0.2, 0) is 4.79 Å². The van der Waals surface area contributed by atoms with Gasteiger partial charge >= 0.3 is 0 Å². The number of carbonyl (C=O) groups excluding carboxylic acids is 1. The van der Waals surface area contributed by atoms with E-state index >= 15 is 0 Å². The first-order valence-electron chi connectivity index (χ1n) is 2.62. The van der Waals surface area contributed by atoms with Gasteiger partial charge < -0.3 is 5.32 Å². The molecule has 1 N–H and O–H groups in total. The Morgan fingerprint density at radius 3 is 2.73 bits per heavy atom. The zero-order chi connectivity index (χ0) is 8.27. The van der Waals surface area contributed by atoms with E-state index in [1.165, 1.54) is 6.07 Å². The molecule has 0 aromatic carbocycles. The normalized spacial score (nSPS) is 9.27. The molecule has 0 fully saturated rings. The van der Waals surface area contributed by atoms with Crippen molar-refractivity contribution in [1.29, 1.82) is 0 Å². The Hall–Kier alpha value is -0.870. The first-order valence-corrected chi connectivity index (χ1v) is 3.38. The third-order valence-corrected chi connectivity index (χ3v) is 1.24. The molecule has 0 unspecified atom stereocenters. The summed E-state index contributed by atoms with van der Waals surface area (Å²) in [7, 11) is 0. The Kier molecular flexibility index (Phi) is 2.62. The van der Waals surface area contributed by atoms with E-state index < -0.39 is 0 Å². The maximum atomic E-state index is 9.94. The minimum Gasteiger partial charge on any atom is -0.313 e. The number of carbonyl (C=O) groups is 1. The molecule has 11 heavy (non-hydrogen) atoms. The van der Waals surface area contributed by atoms with E-state index in [1.54, 1.807) is 0 Å². The van der Waals surface area contributed by atoms with E-state index in [4.69, 9.17) is 23.2 Å². The van der Waals surface area contributed by atoms with Crippen LogP contribution in [0.2, 0.25) is 10.4 Å². The second-order valence-electron chi connectivity index (χ2n) is 1.61. The van der Waals surface area contributed by atoms with Crippen LogP contribution in [0.1, 0.15) is 0 Å². The van der Waals surface area contributed by atoms with Crippen LogP contribution in [0.3, 0.4) is 0 Å². The van der Waals surface area contributed by atoms with Crippen molar-refractivity contribution in [3.63, 3.8) is 0 Å². The number of rotatable bonds is 2. The number of nitrogens with one attached hydrogen (secondary N) is 1. The lowest BCUT2D eigenvalue weighted by atomic mass is 10.6. The van der Waals surface area contributed by atoms with Crippen molar-refractivity contribution in [3.05, 3.63) is 16.5 Å². The largest absolute Gasteiger partial charge is 0.313 e. The van der Waals surface area contributed by atoms with Gasteiger partial charge in [0.05, 0.1) is 0 Å². The number of aromatic nitrogens is 2. The average Bonchev–Trinajstić information content (AvgIpc) is 1.85. The molecule has 1 heterocycles. The molecule has 0 bridgehead atoms. The number of hydrogen-bond acceptors (Lipinski definition) is 3. The van der Waals surface area contributed by atoms with E-state index in [9.17, 15) is 4.79 Å². The van der Waals surface area contributed by atoms with Crippen molar-refractivity contribution < 1.29 is 4.79 Å². The molecular weight excluding hydrogens is 189 g/mol. The zero-order valence-electron chi connectivity index (χ0n) is 5.21. The van der Waals surface area contributed by atoms with Crippen LogP contribution in [0.5, 0.6) is 0 Å². The Balaban J connectivity index is 2.98. The van der Waals surface area contributed by atoms with Gasteiger partial charge in [0.25, 0.3) is 0 Å². The molecule has 0 saturated heterocycles. The molecular formula is C5H3Cl2N3O. The van der Waals surface area contributed by atoms with Crippen molar-refractivity contribution in [2.24, 2.45) is 0 Å². The van der Waals surface area contributed by atoms with Crippen molar-refractivity contribution in [2.75, 3.05) is 5.32 Å². The highest BCUT2D eigenvalue weighted by atomic mass is 35.5. The van der Waals surface area contributed by atoms with Gasteiger partial charge in [0, 0.05) is 6.07 Å². The van der Waals surface area contributed by atoms with Gasteiger partial charge in [-0.25, -0.2) is 9.97 Å². The molecule has 0 aliphatic heterocycles. The quantitative estimate of drug-likeness (QED) is 0.437. The second-order valence-corrected chi connectivity index (χ2v) is 2.33. The summed E-state index contributed by atoms with van der Waals surface area (Å²) >= 11 is 10.9. The SMILES string of the molecule is O=CNc1cc(Cl)nc(Cl)n1. The second kappa shape index (κ2) is 3.50. The lowest BCUT2D eigenvalue weighted by Crippen LogP contribution is -1.97. The summed E-state index contributed by atoms with van der Waals surface area (Å²) in [6.45, 7) is 0. The van der Waals surface area contributed by atoms with Gasteiger partial charge in [0.15, 0.2) is 0 Å². The number of amides is 1. The van der Waals surface area contributed by atoms with Crippen LogP contribution in [0.25, 0.3) is 0 Å². The Bertz CT molecular complexity index is 258. The van der Waals surface area contributed by atoms with E-state index in [0.29, 0.717) is 6.41 Å². The zero-order valence-corrected chi connectivity index (χ0v) is 6.73. The van der Waals surface area contributed by atoms with Crippen LogP contribution in [0.15, 0.2) is 6.07 Å². The highest BCUT2D eigenvalue weighted by molar-refractivity contribution is 6.32. The summed E-state index contributed by atoms with van der Waals surface area (Å²) in [5, 5.41) is 2.48. The van der Waals surface area contributed by atoms with Crippen molar-refractivity contribution >= 4 is 35.4 Å². The number of nitrogens with zero attached hydrogens (tertiary/aromatic N) is 2. The molecule has 0 aliphatic rings. The maximum Gasteiger partial charge on any atom is 0.225 e. The third-order valence-electron chi connectivity index (χ3n) is 0.874. The smallest absolute Gasteiger partial charge is 0.225 e. The van der Waals surface area contributed by atoms with Crippen LogP contribution in [0.4, 0.5) is 5.82 Å². The van der Waals surface area contributed by atoms with Gasteiger partial charge in [-0.3, -0.25) is 4.79 Å². The Labute approximate surface area is 72.6 Å². The molecule has 4 nitrogen and oxygen atoms in total. The molecule has 6 heteroatoms. The minimum atomic E-state index is 0.00171. The molecule has 58 valence electrons. The van der Waals surface area contributed by atoms with Crippen LogP contribution < -0.4 is 5.32 Å². The van der Waals surface area contributed by atoms with Gasteiger partial charge in [-0.15, -0.1) is 0 Å². The van der Waals surface area contributed by atoms with Crippen LogP contribution in [-0.4, -0.2) is 16.4 Å². The van der Waals surface area contributed by atoms with Crippen LogP contribution >= 0.6 is 23.2 Å². The monoisotopic (exact) mass is 191 g/mol. The molecule has 0 aliphatic carbocycles. The predicted octanol–water partition coefficient (Wildman–Crippen LogP) is 1.35. The maximum absolute atomic E-state index is 9.94. The fourth-order valence-corrected chi connectivity index (χ4v) is 0.933. The van der Waals surface area contributed by atoms with E-state index in [0.717, 1.165) is 0 Å². The third kappa shape index (κ3) is 2.32. The average molecular weight is 192 g/mol.